The second-order valence-electron chi connectivity index (χ2n) is 5.83. The summed E-state index contributed by atoms with van der Waals surface area (Å²) in [5.41, 5.74) is 1.44. The number of anilines is 1. The van der Waals surface area contributed by atoms with Crippen LogP contribution in [0.5, 0.6) is 11.5 Å². The monoisotopic (exact) mass is 418 g/mol. The first kappa shape index (κ1) is 19.8. The SMILES string of the molecule is COc1ccc(-c2csc(NC(=O)c3ccccc3S(C)(=O)=O)n2)c(OC)c1. The number of thiazole rings is 1. The number of ether oxygens (including phenoxy) is 2. The number of rotatable bonds is 6. The highest BCUT2D eigenvalue weighted by molar-refractivity contribution is 7.90. The number of sulfone groups is 1. The molecule has 0 aliphatic rings. The van der Waals surface area contributed by atoms with Crippen LogP contribution >= 0.6 is 11.3 Å². The number of nitrogens with one attached hydrogen (secondary N) is 1. The van der Waals surface area contributed by atoms with Crippen molar-refractivity contribution in [1.29, 1.82) is 0 Å². The molecule has 0 atom stereocenters. The largest absolute Gasteiger partial charge is 0.497 e. The van der Waals surface area contributed by atoms with E-state index in [9.17, 15) is 13.2 Å². The van der Waals surface area contributed by atoms with Crippen LogP contribution in [0.15, 0.2) is 52.7 Å². The lowest BCUT2D eigenvalue weighted by Crippen LogP contribution is -2.15. The molecule has 0 spiro atoms. The van der Waals surface area contributed by atoms with Crippen LogP contribution in [0.3, 0.4) is 0 Å². The zero-order valence-electron chi connectivity index (χ0n) is 15.4. The predicted molar refractivity (Wildman–Crippen MR) is 108 cm³/mol. The Balaban J connectivity index is 1.88. The minimum atomic E-state index is -3.53. The van der Waals surface area contributed by atoms with E-state index < -0.39 is 15.7 Å². The maximum Gasteiger partial charge on any atom is 0.258 e. The molecule has 1 amide bonds. The summed E-state index contributed by atoms with van der Waals surface area (Å²) < 4.78 is 34.4. The molecule has 146 valence electrons. The lowest BCUT2D eigenvalue weighted by Gasteiger charge is -2.08. The molecule has 1 N–H and O–H groups in total. The summed E-state index contributed by atoms with van der Waals surface area (Å²) in [7, 11) is -0.411. The van der Waals surface area contributed by atoms with Gasteiger partial charge in [0, 0.05) is 23.3 Å². The van der Waals surface area contributed by atoms with Crippen LogP contribution in [0.4, 0.5) is 5.13 Å². The van der Waals surface area contributed by atoms with Gasteiger partial charge in [0.05, 0.1) is 30.4 Å². The first-order chi connectivity index (χ1) is 13.3. The normalized spacial score (nSPS) is 11.1. The molecule has 0 fully saturated rings. The van der Waals surface area contributed by atoms with Gasteiger partial charge in [0.25, 0.3) is 5.91 Å². The van der Waals surface area contributed by atoms with Crippen LogP contribution in [-0.2, 0) is 9.84 Å². The van der Waals surface area contributed by atoms with Gasteiger partial charge >= 0.3 is 0 Å². The Labute approximate surface area is 166 Å². The topological polar surface area (TPSA) is 94.6 Å². The number of carbonyl (C=O) groups is 1. The van der Waals surface area contributed by atoms with E-state index in [0.717, 1.165) is 11.8 Å². The lowest BCUT2D eigenvalue weighted by molar-refractivity contribution is 0.102. The highest BCUT2D eigenvalue weighted by Crippen LogP contribution is 2.35. The quantitative estimate of drug-likeness (QED) is 0.659. The maximum absolute atomic E-state index is 12.6. The van der Waals surface area contributed by atoms with Gasteiger partial charge in [-0.3, -0.25) is 10.1 Å². The third-order valence-electron chi connectivity index (χ3n) is 3.94. The number of carbonyl (C=O) groups excluding carboxylic acids is 1. The van der Waals surface area contributed by atoms with Crippen LogP contribution < -0.4 is 14.8 Å². The summed E-state index contributed by atoms with van der Waals surface area (Å²) in [6.45, 7) is 0. The number of hydrogen-bond acceptors (Lipinski definition) is 7. The average Bonchev–Trinajstić information content (AvgIpc) is 3.14. The Morgan fingerprint density at radius 1 is 1.11 bits per heavy atom. The zero-order chi connectivity index (χ0) is 20.3. The molecule has 28 heavy (non-hydrogen) atoms. The van der Waals surface area contributed by atoms with E-state index in [4.69, 9.17) is 9.47 Å². The van der Waals surface area contributed by atoms with Crippen LogP contribution in [0.25, 0.3) is 11.3 Å². The van der Waals surface area contributed by atoms with E-state index in [-0.39, 0.29) is 10.5 Å². The van der Waals surface area contributed by atoms with E-state index in [1.54, 1.807) is 43.9 Å². The van der Waals surface area contributed by atoms with Gasteiger partial charge in [-0.25, -0.2) is 13.4 Å². The van der Waals surface area contributed by atoms with Crippen molar-refractivity contribution in [2.45, 2.75) is 4.90 Å². The first-order valence-electron chi connectivity index (χ1n) is 8.12. The molecule has 0 aliphatic heterocycles. The summed E-state index contributed by atoms with van der Waals surface area (Å²) in [5.74, 6) is 0.704. The van der Waals surface area contributed by atoms with Gasteiger partial charge in [-0.05, 0) is 24.3 Å². The Bertz CT molecular complexity index is 1120. The number of benzene rings is 2. The smallest absolute Gasteiger partial charge is 0.258 e. The van der Waals surface area contributed by atoms with Crippen LogP contribution in [-0.4, -0.2) is 39.8 Å². The molecule has 2 aromatic carbocycles. The number of amides is 1. The van der Waals surface area contributed by atoms with Gasteiger partial charge in [0.2, 0.25) is 0 Å². The van der Waals surface area contributed by atoms with Crippen molar-refractivity contribution in [3.8, 4) is 22.8 Å². The Kier molecular flexibility index (Phi) is 5.66. The molecule has 1 aromatic heterocycles. The summed E-state index contributed by atoms with van der Waals surface area (Å²) in [4.78, 5) is 17.0. The lowest BCUT2D eigenvalue weighted by atomic mass is 10.1. The number of nitrogens with zero attached hydrogens (tertiary/aromatic N) is 1. The minimum absolute atomic E-state index is 0.0268. The molecule has 0 saturated heterocycles. The number of methoxy groups -OCH3 is 2. The van der Waals surface area contributed by atoms with Gasteiger partial charge in [-0.2, -0.15) is 0 Å². The fourth-order valence-electron chi connectivity index (χ4n) is 2.61. The van der Waals surface area contributed by atoms with Crippen molar-refractivity contribution in [3.63, 3.8) is 0 Å². The molecule has 3 aromatic rings. The minimum Gasteiger partial charge on any atom is -0.497 e. The summed E-state index contributed by atoms with van der Waals surface area (Å²) in [6, 6.07) is 11.4. The second-order valence-corrected chi connectivity index (χ2v) is 8.67. The summed E-state index contributed by atoms with van der Waals surface area (Å²) in [5, 5.41) is 4.79. The third kappa shape index (κ3) is 4.15. The van der Waals surface area contributed by atoms with Crippen molar-refractivity contribution in [1.82, 2.24) is 4.98 Å². The molecule has 0 radical (unpaired) electrons. The average molecular weight is 418 g/mol. The van der Waals surface area contributed by atoms with Crippen LogP contribution in [0.1, 0.15) is 10.4 Å². The molecule has 0 saturated carbocycles. The fraction of sp³-hybridized carbons (Fsp3) is 0.158. The summed E-state index contributed by atoms with van der Waals surface area (Å²) in [6.07, 6.45) is 1.07. The highest BCUT2D eigenvalue weighted by Gasteiger charge is 2.19. The van der Waals surface area contributed by atoms with E-state index in [1.807, 2.05) is 6.07 Å². The predicted octanol–water partition coefficient (Wildman–Crippen LogP) is 3.48. The van der Waals surface area contributed by atoms with E-state index in [2.05, 4.69) is 10.3 Å². The van der Waals surface area contributed by atoms with Crippen LogP contribution in [0.2, 0.25) is 0 Å². The van der Waals surface area contributed by atoms with Gasteiger partial charge in [0.15, 0.2) is 15.0 Å². The molecular formula is C19H18N2O5S2. The van der Waals surface area contributed by atoms with Crippen molar-refractivity contribution < 1.29 is 22.7 Å². The zero-order valence-corrected chi connectivity index (χ0v) is 17.1. The van der Waals surface area contributed by atoms with E-state index in [1.165, 1.54) is 23.5 Å². The van der Waals surface area contributed by atoms with Gasteiger partial charge < -0.3 is 9.47 Å². The molecule has 0 bridgehead atoms. The third-order valence-corrected chi connectivity index (χ3v) is 5.85. The molecule has 3 rings (SSSR count). The molecule has 1 heterocycles. The molecule has 7 nitrogen and oxygen atoms in total. The Morgan fingerprint density at radius 2 is 1.86 bits per heavy atom. The van der Waals surface area contributed by atoms with Gasteiger partial charge in [-0.15, -0.1) is 11.3 Å². The standard InChI is InChI=1S/C19H18N2O5S2/c1-25-12-8-9-13(16(10-12)26-2)15-11-27-19(20-15)21-18(22)14-6-4-5-7-17(14)28(3,23)24/h4-11H,1-3H3,(H,20,21,22). The van der Waals surface area contributed by atoms with E-state index in [0.29, 0.717) is 22.3 Å². The molecule has 0 unspecified atom stereocenters. The molecular weight excluding hydrogens is 400 g/mol. The fourth-order valence-corrected chi connectivity index (χ4v) is 4.20. The maximum atomic E-state index is 12.6. The Morgan fingerprint density at radius 3 is 2.54 bits per heavy atom. The van der Waals surface area contributed by atoms with Crippen molar-refractivity contribution in [2.75, 3.05) is 25.8 Å². The number of hydrogen-bond donors (Lipinski definition) is 1. The number of aromatic nitrogens is 1. The van der Waals surface area contributed by atoms with Crippen molar-refractivity contribution in [3.05, 3.63) is 53.4 Å². The first-order valence-corrected chi connectivity index (χ1v) is 10.9. The van der Waals surface area contributed by atoms with Crippen molar-refractivity contribution >= 4 is 32.2 Å². The van der Waals surface area contributed by atoms with E-state index >= 15 is 0 Å². The van der Waals surface area contributed by atoms with Gasteiger partial charge in [0.1, 0.15) is 11.5 Å². The van der Waals surface area contributed by atoms with Crippen molar-refractivity contribution in [2.24, 2.45) is 0 Å². The molecule has 9 heteroatoms. The Hall–Kier alpha value is -2.91. The highest BCUT2D eigenvalue weighted by atomic mass is 32.2. The second kappa shape index (κ2) is 7.99. The summed E-state index contributed by atoms with van der Waals surface area (Å²) >= 11 is 1.23. The van der Waals surface area contributed by atoms with Crippen LogP contribution in [0, 0.1) is 0 Å². The molecule has 0 aliphatic carbocycles. The van der Waals surface area contributed by atoms with Gasteiger partial charge in [-0.1, -0.05) is 12.1 Å².